The quantitative estimate of drug-likeness (QED) is 0.798. The zero-order chi connectivity index (χ0) is 15.9. The monoisotopic (exact) mass is 329 g/mol. The van der Waals surface area contributed by atoms with Gasteiger partial charge in [0.2, 0.25) is 0 Å². The number of hydrogen-bond donors (Lipinski definition) is 0. The maximum absolute atomic E-state index is 5.05. The molecule has 0 aliphatic heterocycles. The Balaban J connectivity index is 2.21. The van der Waals surface area contributed by atoms with E-state index in [-0.39, 0.29) is 0 Å². The van der Waals surface area contributed by atoms with Crippen LogP contribution in [0.25, 0.3) is 0 Å². The summed E-state index contributed by atoms with van der Waals surface area (Å²) in [5, 5.41) is 0. The van der Waals surface area contributed by atoms with Crippen LogP contribution in [0.5, 0.6) is 0 Å². The van der Waals surface area contributed by atoms with E-state index in [1.807, 2.05) is 18.2 Å². The molecule has 0 saturated heterocycles. The van der Waals surface area contributed by atoms with Crippen molar-refractivity contribution in [1.29, 1.82) is 0 Å². The van der Waals surface area contributed by atoms with Gasteiger partial charge in [-0.05, 0) is 0 Å². The second-order valence-electron chi connectivity index (χ2n) is 5.10. The van der Waals surface area contributed by atoms with E-state index in [9.17, 15) is 0 Å². The molecule has 0 amide bonds. The molecular weight excluding hydrogens is 310 g/mol. The molecule has 2 rings (SSSR count). The Kier molecular flexibility index (Phi) is 5.99. The molecule has 2 aromatic rings. The average molecular weight is 329 g/mol. The van der Waals surface area contributed by atoms with Gasteiger partial charge in [-0.3, -0.25) is 0 Å². The van der Waals surface area contributed by atoms with Crippen molar-refractivity contribution >= 4 is 10.3 Å². The molecule has 2 aromatic carbocycles. The molecule has 0 aliphatic carbocycles. The Bertz CT molecular complexity index is 710. The van der Waals surface area contributed by atoms with Gasteiger partial charge in [0.05, 0.1) is 0 Å². The van der Waals surface area contributed by atoms with Gasteiger partial charge in [-0.1, -0.05) is 0 Å². The zero-order valence-corrected chi connectivity index (χ0v) is 14.4. The molecule has 0 bridgehead atoms. The van der Waals surface area contributed by atoms with Crippen LogP contribution in [-0.4, -0.2) is 18.7 Å². The first-order valence-electron chi connectivity index (χ1n) is 7.06. The Morgan fingerprint density at radius 1 is 1.14 bits per heavy atom. The van der Waals surface area contributed by atoms with Crippen LogP contribution in [0.1, 0.15) is 16.7 Å². The first kappa shape index (κ1) is 16.5. The number of anilines is 1. The number of benzene rings is 2. The first-order valence-corrected chi connectivity index (χ1v) is 7.69. The molecule has 22 heavy (non-hydrogen) atoms. The van der Waals surface area contributed by atoms with Crippen molar-refractivity contribution in [3.63, 3.8) is 0 Å². The first-order chi connectivity index (χ1) is 10.6. The van der Waals surface area contributed by atoms with Crippen molar-refractivity contribution in [2.45, 2.75) is 13.5 Å². The molecule has 3 heteroatoms. The number of methoxy groups -OCH3 is 1. The van der Waals surface area contributed by atoms with E-state index in [1.54, 1.807) is 7.11 Å². The second-order valence-corrected chi connectivity index (χ2v) is 5.68. The van der Waals surface area contributed by atoms with Crippen LogP contribution in [0.2, 0.25) is 0 Å². The SMILES string of the molecule is CO[C](=[Cr])C#Cc1ccccc1N(C)Cc1ccc(C)cc1. The summed E-state index contributed by atoms with van der Waals surface area (Å²) in [7, 11) is 3.69. The van der Waals surface area contributed by atoms with Gasteiger partial charge < -0.3 is 0 Å². The topological polar surface area (TPSA) is 12.5 Å². The van der Waals surface area contributed by atoms with Crippen molar-refractivity contribution in [1.82, 2.24) is 0 Å². The Morgan fingerprint density at radius 3 is 2.50 bits per heavy atom. The molecule has 0 unspecified atom stereocenters. The van der Waals surface area contributed by atoms with Gasteiger partial charge in [0.15, 0.2) is 0 Å². The van der Waals surface area contributed by atoms with Crippen molar-refractivity contribution < 1.29 is 20.6 Å². The van der Waals surface area contributed by atoms with Crippen molar-refractivity contribution in [2.75, 3.05) is 19.1 Å². The van der Waals surface area contributed by atoms with E-state index < -0.39 is 0 Å². The third-order valence-corrected chi connectivity index (χ3v) is 3.76. The fourth-order valence-electron chi connectivity index (χ4n) is 2.13. The van der Waals surface area contributed by atoms with Crippen LogP contribution < -0.4 is 4.90 Å². The van der Waals surface area contributed by atoms with E-state index in [4.69, 9.17) is 4.74 Å². The molecule has 0 spiro atoms. The molecule has 0 atom stereocenters. The summed E-state index contributed by atoms with van der Waals surface area (Å²) in [6.07, 6.45) is 0. The Morgan fingerprint density at radius 2 is 1.82 bits per heavy atom. The zero-order valence-electron chi connectivity index (χ0n) is 13.1. The van der Waals surface area contributed by atoms with Crippen LogP contribution >= 0.6 is 0 Å². The molecule has 0 heterocycles. The second kappa shape index (κ2) is 7.97. The minimum absolute atomic E-state index is 0.594. The van der Waals surface area contributed by atoms with Gasteiger partial charge in [-0.15, -0.1) is 0 Å². The molecule has 0 N–H and O–H groups in total. The predicted octanol–water partition coefficient (Wildman–Crippen LogP) is 3.31. The van der Waals surface area contributed by atoms with Gasteiger partial charge in [-0.25, -0.2) is 0 Å². The summed E-state index contributed by atoms with van der Waals surface area (Å²) in [5.74, 6) is 6.13. The maximum atomic E-state index is 5.05. The van der Waals surface area contributed by atoms with E-state index >= 15 is 0 Å². The van der Waals surface area contributed by atoms with Gasteiger partial charge in [0.25, 0.3) is 0 Å². The van der Waals surface area contributed by atoms with Crippen LogP contribution in [0.3, 0.4) is 0 Å². The Labute approximate surface area is 140 Å². The summed E-state index contributed by atoms with van der Waals surface area (Å²) in [6.45, 7) is 2.95. The summed E-state index contributed by atoms with van der Waals surface area (Å²) in [6, 6.07) is 16.8. The molecule has 0 saturated carbocycles. The standard InChI is InChI=1S/C19H19NO.Cr/c1-16-10-12-17(13-11-16)15-20(2)19-9-5-4-7-18(19)8-6-14-21-3;/h4-5,7,9-13H,15H2,1-3H3;. The van der Waals surface area contributed by atoms with Gasteiger partial charge in [0, 0.05) is 0 Å². The van der Waals surface area contributed by atoms with Gasteiger partial charge in [-0.2, -0.15) is 0 Å². The number of ether oxygens (including phenoxy) is 1. The normalized spacial score (nSPS) is 9.77. The van der Waals surface area contributed by atoms with Crippen LogP contribution in [0.15, 0.2) is 48.5 Å². The summed E-state index contributed by atoms with van der Waals surface area (Å²) in [5.41, 5.74) is 4.66. The minimum atomic E-state index is 0.594. The van der Waals surface area contributed by atoms with Crippen LogP contribution in [0, 0.1) is 18.8 Å². The van der Waals surface area contributed by atoms with Crippen molar-refractivity contribution in [3.05, 3.63) is 65.2 Å². The summed E-state index contributed by atoms with van der Waals surface area (Å²) in [4.78, 5) is 2.21. The fourth-order valence-corrected chi connectivity index (χ4v) is 2.21. The molecule has 0 fully saturated rings. The van der Waals surface area contributed by atoms with E-state index in [2.05, 4.69) is 76.9 Å². The Hall–Kier alpha value is -1.84. The number of rotatable bonds is 4. The molecule has 0 radical (unpaired) electrons. The average Bonchev–Trinajstić information content (AvgIpc) is 2.55. The fraction of sp³-hybridized carbons (Fsp3) is 0.211. The van der Waals surface area contributed by atoms with E-state index in [0.717, 1.165) is 17.8 Å². The number of hydrogen-bond acceptors (Lipinski definition) is 2. The predicted molar refractivity (Wildman–Crippen MR) is 88.6 cm³/mol. The molecular formula is C19H19CrNO. The van der Waals surface area contributed by atoms with Crippen molar-refractivity contribution in [3.8, 4) is 11.8 Å². The van der Waals surface area contributed by atoms with Crippen molar-refractivity contribution in [2.24, 2.45) is 0 Å². The van der Waals surface area contributed by atoms with Crippen LogP contribution in [-0.2, 0) is 27.1 Å². The summed E-state index contributed by atoms with van der Waals surface area (Å²) >= 11 is 2.80. The van der Waals surface area contributed by atoms with E-state index in [1.165, 1.54) is 11.1 Å². The number of para-hydroxylation sites is 1. The van der Waals surface area contributed by atoms with Gasteiger partial charge in [0.1, 0.15) is 0 Å². The molecule has 112 valence electrons. The third-order valence-electron chi connectivity index (χ3n) is 3.34. The van der Waals surface area contributed by atoms with Crippen LogP contribution in [0.4, 0.5) is 5.69 Å². The van der Waals surface area contributed by atoms with E-state index in [0.29, 0.717) is 4.57 Å². The molecule has 2 nitrogen and oxygen atoms in total. The third kappa shape index (κ3) is 4.58. The molecule has 0 aliphatic rings. The molecule has 0 aromatic heterocycles. The summed E-state index contributed by atoms with van der Waals surface area (Å²) < 4.78 is 5.65. The number of aryl methyl sites for hydroxylation is 1. The number of nitrogens with zero attached hydrogens (tertiary/aromatic N) is 1. The van der Waals surface area contributed by atoms with Gasteiger partial charge >= 0.3 is 140 Å².